The summed E-state index contributed by atoms with van der Waals surface area (Å²) in [5, 5.41) is 2.95. The van der Waals surface area contributed by atoms with Gasteiger partial charge in [0.2, 0.25) is 0 Å². The van der Waals surface area contributed by atoms with Crippen molar-refractivity contribution < 1.29 is 9.53 Å². The molecule has 1 heterocycles. The summed E-state index contributed by atoms with van der Waals surface area (Å²) >= 11 is 0. The number of nitrogens with two attached hydrogens (primary N) is 1. The number of hydrogen-bond donors (Lipinski definition) is 2. The molecule has 1 aliphatic carbocycles. The van der Waals surface area contributed by atoms with Gasteiger partial charge >= 0.3 is 0 Å². The number of ether oxygens (including phenoxy) is 1. The molecule has 3 N–H and O–H groups in total. The number of carbonyl (C=O) groups excluding carboxylic acids is 1. The molecule has 0 spiro atoms. The van der Waals surface area contributed by atoms with Crippen LogP contribution in [0, 0.1) is 0 Å². The fourth-order valence-corrected chi connectivity index (χ4v) is 3.30. The van der Waals surface area contributed by atoms with Gasteiger partial charge in [-0.15, -0.1) is 0 Å². The summed E-state index contributed by atoms with van der Waals surface area (Å²) < 4.78 is 5.77. The third kappa shape index (κ3) is 1.99. The van der Waals surface area contributed by atoms with Gasteiger partial charge in [-0.25, -0.2) is 0 Å². The maximum absolute atomic E-state index is 12.0. The van der Waals surface area contributed by atoms with Gasteiger partial charge in [0, 0.05) is 12.0 Å². The minimum atomic E-state index is -0.812. The van der Waals surface area contributed by atoms with Crippen LogP contribution < -0.4 is 15.8 Å². The van der Waals surface area contributed by atoms with Crippen molar-refractivity contribution in [1.82, 2.24) is 0 Å². The first-order valence-electron chi connectivity index (χ1n) is 7.32. The molecule has 4 nitrogen and oxygen atoms in total. The quantitative estimate of drug-likeness (QED) is 0.871. The van der Waals surface area contributed by atoms with Crippen LogP contribution in [0.2, 0.25) is 0 Å². The smallest absolute Gasteiger partial charge is 0.268 e. The Labute approximate surface area is 119 Å². The standard InChI is InChI=1S/C16H22N2O2/c1-15(2)14(19)18-12-9-11(5-6-13(12)20-15)16(10-17)7-3-4-8-16/h5-6,9H,3-4,7-8,10,17H2,1-2H3,(H,18,19). The summed E-state index contributed by atoms with van der Waals surface area (Å²) in [5.74, 6) is 0.638. The van der Waals surface area contributed by atoms with E-state index in [1.807, 2.05) is 12.1 Å². The van der Waals surface area contributed by atoms with Gasteiger partial charge in [-0.3, -0.25) is 4.79 Å². The summed E-state index contributed by atoms with van der Waals surface area (Å²) in [4.78, 5) is 12.0. The number of carbonyl (C=O) groups is 1. The lowest BCUT2D eigenvalue weighted by atomic mass is 9.78. The van der Waals surface area contributed by atoms with Crippen molar-refractivity contribution in [2.24, 2.45) is 5.73 Å². The molecule has 0 atom stereocenters. The average molecular weight is 274 g/mol. The Morgan fingerprint density at radius 3 is 2.65 bits per heavy atom. The molecule has 3 rings (SSSR count). The van der Waals surface area contributed by atoms with Crippen molar-refractivity contribution in [2.45, 2.75) is 50.5 Å². The molecule has 1 aromatic carbocycles. The zero-order chi connectivity index (χ0) is 14.4. The SMILES string of the molecule is CC1(C)Oc2ccc(C3(CN)CCCC3)cc2NC1=O. The average Bonchev–Trinajstić information content (AvgIpc) is 2.89. The monoisotopic (exact) mass is 274 g/mol. The van der Waals surface area contributed by atoms with E-state index in [4.69, 9.17) is 10.5 Å². The zero-order valence-corrected chi connectivity index (χ0v) is 12.2. The molecule has 0 bridgehead atoms. The van der Waals surface area contributed by atoms with Crippen molar-refractivity contribution in [1.29, 1.82) is 0 Å². The van der Waals surface area contributed by atoms with Crippen LogP contribution in [-0.2, 0) is 10.2 Å². The largest absolute Gasteiger partial charge is 0.476 e. The van der Waals surface area contributed by atoms with Crippen LogP contribution in [-0.4, -0.2) is 18.1 Å². The van der Waals surface area contributed by atoms with Crippen molar-refractivity contribution in [3.63, 3.8) is 0 Å². The second-order valence-electron chi connectivity index (χ2n) is 6.47. The fourth-order valence-electron chi connectivity index (χ4n) is 3.30. The Kier molecular flexibility index (Phi) is 3.01. The first-order valence-corrected chi connectivity index (χ1v) is 7.32. The molecular weight excluding hydrogens is 252 g/mol. The molecule has 1 fully saturated rings. The normalized spacial score (nSPS) is 22.9. The summed E-state index contributed by atoms with van der Waals surface area (Å²) in [6.07, 6.45) is 4.71. The molecule has 1 amide bonds. The van der Waals surface area contributed by atoms with E-state index in [2.05, 4.69) is 11.4 Å². The van der Waals surface area contributed by atoms with Crippen LogP contribution in [0.4, 0.5) is 5.69 Å². The Balaban J connectivity index is 1.98. The molecular formula is C16H22N2O2. The number of benzene rings is 1. The zero-order valence-electron chi connectivity index (χ0n) is 12.2. The number of anilines is 1. The Bertz CT molecular complexity index is 545. The van der Waals surface area contributed by atoms with Gasteiger partial charge in [0.25, 0.3) is 5.91 Å². The lowest BCUT2D eigenvalue weighted by Crippen LogP contribution is -2.45. The topological polar surface area (TPSA) is 64.3 Å². The minimum Gasteiger partial charge on any atom is -0.476 e. The summed E-state index contributed by atoms with van der Waals surface area (Å²) in [7, 11) is 0. The van der Waals surface area contributed by atoms with Crippen LogP contribution in [0.1, 0.15) is 45.1 Å². The minimum absolute atomic E-state index is 0.0761. The van der Waals surface area contributed by atoms with Crippen molar-refractivity contribution in [3.8, 4) is 5.75 Å². The van der Waals surface area contributed by atoms with Crippen LogP contribution in [0.15, 0.2) is 18.2 Å². The summed E-state index contributed by atoms with van der Waals surface area (Å²) in [6.45, 7) is 4.21. The molecule has 1 saturated carbocycles. The van der Waals surface area contributed by atoms with Gasteiger partial charge in [-0.1, -0.05) is 18.9 Å². The lowest BCUT2D eigenvalue weighted by molar-refractivity contribution is -0.129. The molecule has 0 unspecified atom stereocenters. The van der Waals surface area contributed by atoms with E-state index in [1.165, 1.54) is 18.4 Å². The maximum atomic E-state index is 12.0. The van der Waals surface area contributed by atoms with E-state index in [0.29, 0.717) is 6.54 Å². The third-order valence-corrected chi connectivity index (χ3v) is 4.70. The highest BCUT2D eigenvalue weighted by Crippen LogP contribution is 2.43. The molecule has 0 radical (unpaired) electrons. The van der Waals surface area contributed by atoms with Crippen LogP contribution in [0.3, 0.4) is 0 Å². The molecule has 20 heavy (non-hydrogen) atoms. The van der Waals surface area contributed by atoms with E-state index in [0.717, 1.165) is 24.3 Å². The van der Waals surface area contributed by atoms with Crippen LogP contribution in [0.25, 0.3) is 0 Å². The highest BCUT2D eigenvalue weighted by Gasteiger charge is 2.38. The molecule has 0 saturated heterocycles. The molecule has 4 heteroatoms. The van der Waals surface area contributed by atoms with Gasteiger partial charge in [-0.05, 0) is 44.4 Å². The van der Waals surface area contributed by atoms with E-state index < -0.39 is 5.60 Å². The van der Waals surface area contributed by atoms with Crippen molar-refractivity contribution in [3.05, 3.63) is 23.8 Å². The van der Waals surface area contributed by atoms with Gasteiger partial charge in [0.05, 0.1) is 5.69 Å². The van der Waals surface area contributed by atoms with E-state index in [9.17, 15) is 4.79 Å². The van der Waals surface area contributed by atoms with Gasteiger partial charge in [-0.2, -0.15) is 0 Å². The lowest BCUT2D eigenvalue weighted by Gasteiger charge is -2.34. The Morgan fingerprint density at radius 1 is 1.30 bits per heavy atom. The first-order chi connectivity index (χ1) is 9.47. The highest BCUT2D eigenvalue weighted by atomic mass is 16.5. The fraction of sp³-hybridized carbons (Fsp3) is 0.562. The second-order valence-corrected chi connectivity index (χ2v) is 6.47. The Morgan fingerprint density at radius 2 is 2.00 bits per heavy atom. The first kappa shape index (κ1) is 13.4. The maximum Gasteiger partial charge on any atom is 0.268 e. The van der Waals surface area contributed by atoms with Gasteiger partial charge < -0.3 is 15.8 Å². The van der Waals surface area contributed by atoms with Gasteiger partial charge in [0.15, 0.2) is 5.60 Å². The molecule has 1 aromatic rings. The van der Waals surface area contributed by atoms with E-state index in [1.54, 1.807) is 13.8 Å². The summed E-state index contributed by atoms with van der Waals surface area (Å²) in [6, 6.07) is 6.10. The predicted molar refractivity (Wildman–Crippen MR) is 79.0 cm³/mol. The van der Waals surface area contributed by atoms with Crippen molar-refractivity contribution in [2.75, 3.05) is 11.9 Å². The Hall–Kier alpha value is -1.55. The number of nitrogens with one attached hydrogen (secondary N) is 1. The van der Waals surface area contributed by atoms with Gasteiger partial charge in [0.1, 0.15) is 5.75 Å². The number of amides is 1. The summed E-state index contributed by atoms with van der Waals surface area (Å²) in [5.41, 5.74) is 7.28. The van der Waals surface area contributed by atoms with Crippen molar-refractivity contribution >= 4 is 11.6 Å². The molecule has 2 aliphatic rings. The predicted octanol–water partition coefficient (Wildman–Crippen LogP) is 2.57. The number of fused-ring (bicyclic) bond motifs is 1. The third-order valence-electron chi connectivity index (χ3n) is 4.70. The van der Waals surface area contributed by atoms with E-state index in [-0.39, 0.29) is 11.3 Å². The second kappa shape index (κ2) is 4.48. The van der Waals surface area contributed by atoms with E-state index >= 15 is 0 Å². The van der Waals surface area contributed by atoms with Crippen LogP contribution in [0.5, 0.6) is 5.75 Å². The number of hydrogen-bond acceptors (Lipinski definition) is 3. The highest BCUT2D eigenvalue weighted by molar-refractivity contribution is 6.00. The number of rotatable bonds is 2. The molecule has 108 valence electrons. The molecule has 0 aromatic heterocycles. The molecule has 1 aliphatic heterocycles. The van der Waals surface area contributed by atoms with Crippen LogP contribution >= 0.6 is 0 Å².